The molecule has 3 aromatic rings. The number of alkyl halides is 3. The molecule has 198 valence electrons. The van der Waals surface area contributed by atoms with Gasteiger partial charge in [-0.3, -0.25) is 4.79 Å². The summed E-state index contributed by atoms with van der Waals surface area (Å²) in [6.07, 6.45) is -2.63. The molecule has 2 aliphatic rings. The van der Waals surface area contributed by atoms with Crippen LogP contribution < -0.4 is 10.0 Å². The zero-order valence-electron chi connectivity index (χ0n) is 20.1. The molecule has 1 aliphatic heterocycles. The molecule has 1 aliphatic carbocycles. The van der Waals surface area contributed by atoms with Gasteiger partial charge in [0.15, 0.2) is 0 Å². The second-order valence-corrected chi connectivity index (χ2v) is 11.5. The van der Waals surface area contributed by atoms with Crippen molar-refractivity contribution in [2.45, 2.75) is 48.8 Å². The van der Waals surface area contributed by atoms with Gasteiger partial charge in [0.2, 0.25) is 15.9 Å². The van der Waals surface area contributed by atoms with Crippen LogP contribution in [0, 0.1) is 5.92 Å². The lowest BCUT2D eigenvalue weighted by atomic mass is 9.85. The van der Waals surface area contributed by atoms with Gasteiger partial charge in [-0.15, -0.1) is 0 Å². The molecule has 0 bridgehead atoms. The summed E-state index contributed by atoms with van der Waals surface area (Å²) >= 11 is 0. The van der Waals surface area contributed by atoms with Crippen LogP contribution in [0.1, 0.15) is 25.7 Å². The Balaban J connectivity index is 1.20. The predicted molar refractivity (Wildman–Crippen MR) is 134 cm³/mol. The highest BCUT2D eigenvalue weighted by Crippen LogP contribution is 2.30. The maximum Gasteiger partial charge on any atom is 0.405 e. The Morgan fingerprint density at radius 3 is 2.43 bits per heavy atom. The van der Waals surface area contributed by atoms with E-state index in [4.69, 9.17) is 0 Å². The van der Waals surface area contributed by atoms with Crippen LogP contribution in [0.2, 0.25) is 0 Å². The number of hydrogen-bond donors (Lipinski definition) is 3. The van der Waals surface area contributed by atoms with Gasteiger partial charge in [-0.05, 0) is 49.4 Å². The Morgan fingerprint density at radius 1 is 1.00 bits per heavy atom. The Bertz CT molecular complexity index is 1370. The lowest BCUT2D eigenvalue weighted by Crippen LogP contribution is -2.59. The van der Waals surface area contributed by atoms with Crippen molar-refractivity contribution in [2.75, 3.05) is 19.6 Å². The van der Waals surface area contributed by atoms with E-state index in [0.29, 0.717) is 31.2 Å². The first-order chi connectivity index (χ1) is 17.6. The number of sulfonamides is 1. The van der Waals surface area contributed by atoms with E-state index in [2.05, 4.69) is 15.0 Å². The van der Waals surface area contributed by atoms with Gasteiger partial charge in [0, 0.05) is 48.2 Å². The van der Waals surface area contributed by atoms with Crippen LogP contribution in [0.15, 0.2) is 59.5 Å². The molecule has 1 atom stereocenters. The molecule has 2 aromatic carbocycles. The number of fused-ring (bicyclic) bond motifs is 1. The number of halogens is 3. The largest absolute Gasteiger partial charge is 0.405 e. The number of piperazine rings is 1. The Morgan fingerprint density at radius 2 is 1.73 bits per heavy atom. The minimum atomic E-state index is -4.40. The first kappa shape index (κ1) is 25.7. The first-order valence-corrected chi connectivity index (χ1v) is 13.9. The van der Waals surface area contributed by atoms with Crippen LogP contribution in [0.25, 0.3) is 22.2 Å². The van der Waals surface area contributed by atoms with Crippen molar-refractivity contribution in [1.29, 1.82) is 0 Å². The summed E-state index contributed by atoms with van der Waals surface area (Å²) in [6.45, 7) is -0.0453. The molecule has 1 aromatic heterocycles. The molecular weight excluding hydrogens is 505 g/mol. The number of amides is 1. The maximum absolute atomic E-state index is 13.1. The van der Waals surface area contributed by atoms with Gasteiger partial charge in [-0.2, -0.15) is 13.2 Å². The summed E-state index contributed by atoms with van der Waals surface area (Å²) in [6, 6.07) is 14.6. The molecule has 37 heavy (non-hydrogen) atoms. The quantitative estimate of drug-likeness (QED) is 0.461. The number of nitrogens with one attached hydrogen (secondary N) is 3. The summed E-state index contributed by atoms with van der Waals surface area (Å²) in [5, 5.41) is 3.32. The predicted octanol–water partition coefficient (Wildman–Crippen LogP) is 4.03. The van der Waals surface area contributed by atoms with Crippen molar-refractivity contribution in [3.63, 3.8) is 0 Å². The third-order valence-corrected chi connectivity index (χ3v) is 8.79. The fraction of sp³-hybridized carbons (Fsp3) is 0.423. The molecule has 2 fully saturated rings. The van der Waals surface area contributed by atoms with Gasteiger partial charge in [0.1, 0.15) is 6.04 Å². The van der Waals surface area contributed by atoms with Gasteiger partial charge in [-0.25, -0.2) is 13.1 Å². The van der Waals surface area contributed by atoms with Crippen molar-refractivity contribution in [2.24, 2.45) is 5.92 Å². The number of aromatic amines is 1. The van der Waals surface area contributed by atoms with Gasteiger partial charge < -0.3 is 15.2 Å². The van der Waals surface area contributed by atoms with Crippen molar-refractivity contribution >= 4 is 26.8 Å². The summed E-state index contributed by atoms with van der Waals surface area (Å²) in [5.41, 5.74) is 2.61. The number of benzene rings is 2. The highest BCUT2D eigenvalue weighted by Gasteiger charge is 2.43. The molecule has 1 unspecified atom stereocenters. The van der Waals surface area contributed by atoms with Crippen LogP contribution in [-0.2, 0) is 14.8 Å². The van der Waals surface area contributed by atoms with Crippen molar-refractivity contribution in [1.82, 2.24) is 19.9 Å². The van der Waals surface area contributed by atoms with Crippen LogP contribution in [-0.4, -0.2) is 62.1 Å². The van der Waals surface area contributed by atoms with E-state index in [1.807, 2.05) is 36.4 Å². The van der Waals surface area contributed by atoms with Gasteiger partial charge in [0.05, 0.1) is 4.90 Å². The third-order valence-electron chi connectivity index (χ3n) is 7.27. The zero-order valence-corrected chi connectivity index (χ0v) is 20.9. The van der Waals surface area contributed by atoms with Crippen LogP contribution in [0.3, 0.4) is 0 Å². The summed E-state index contributed by atoms with van der Waals surface area (Å²) in [5.74, 6) is -0.664. The molecule has 5 rings (SSSR count). The van der Waals surface area contributed by atoms with Gasteiger partial charge in [0.25, 0.3) is 0 Å². The maximum atomic E-state index is 13.1. The fourth-order valence-electron chi connectivity index (χ4n) is 5.22. The standard InChI is InChI=1S/C26H29F3N4O3S/c27-26(28,29)24-16-33(13-12-30-24)25(34)18-6-9-20(10-7-18)32-37(35,36)21-11-8-19-14-22(31-23(19)15-21)17-4-2-1-3-5-17/h1-5,8,11,14-15,18,20,24,30-32H,6-7,9-10,12-13,16H2/t18-,20-,24?. The number of carbonyl (C=O) groups excluding carboxylic acids is 1. The number of aromatic nitrogens is 1. The van der Waals surface area contributed by atoms with Gasteiger partial charge in [-0.1, -0.05) is 36.4 Å². The second kappa shape index (κ2) is 10.1. The number of rotatable bonds is 5. The summed E-state index contributed by atoms with van der Waals surface area (Å²) in [4.78, 5) is 17.6. The molecule has 1 saturated carbocycles. The number of H-pyrrole nitrogens is 1. The molecular formula is C26H29F3N4O3S. The number of nitrogens with zero attached hydrogens (tertiary/aromatic N) is 1. The van der Waals surface area contributed by atoms with Crippen LogP contribution in [0.4, 0.5) is 13.2 Å². The van der Waals surface area contributed by atoms with E-state index in [9.17, 15) is 26.4 Å². The number of hydrogen-bond acceptors (Lipinski definition) is 4. The normalized spacial score (nSPS) is 23.3. The topological polar surface area (TPSA) is 94.3 Å². The number of carbonyl (C=O) groups is 1. The van der Waals surface area contributed by atoms with Crippen molar-refractivity contribution < 1.29 is 26.4 Å². The fourth-order valence-corrected chi connectivity index (χ4v) is 6.55. The minimum Gasteiger partial charge on any atom is -0.354 e. The molecule has 1 saturated heterocycles. The van der Waals surface area contributed by atoms with Crippen molar-refractivity contribution in [3.8, 4) is 11.3 Å². The van der Waals surface area contributed by atoms with E-state index >= 15 is 0 Å². The Kier molecular flexibility index (Phi) is 7.03. The minimum absolute atomic E-state index is 0.100. The SMILES string of the molecule is O=C([C@H]1CC[C@H](NS(=O)(=O)c2ccc3cc(-c4ccccc4)[nH]c3c2)CC1)N1CCNC(C(F)(F)F)C1. The van der Waals surface area contributed by atoms with Crippen molar-refractivity contribution in [3.05, 3.63) is 54.6 Å². The van der Waals surface area contributed by atoms with E-state index in [0.717, 1.165) is 16.6 Å². The Hall–Kier alpha value is -2.89. The second-order valence-electron chi connectivity index (χ2n) is 9.80. The van der Waals surface area contributed by atoms with Crippen LogP contribution in [0.5, 0.6) is 0 Å². The van der Waals surface area contributed by atoms with E-state index in [-0.39, 0.29) is 42.4 Å². The Labute approximate surface area is 213 Å². The van der Waals surface area contributed by atoms with Gasteiger partial charge >= 0.3 is 6.18 Å². The smallest absolute Gasteiger partial charge is 0.354 e. The lowest BCUT2D eigenvalue weighted by molar-refractivity contribution is -0.169. The molecule has 0 spiro atoms. The van der Waals surface area contributed by atoms with E-state index in [1.54, 1.807) is 18.2 Å². The first-order valence-electron chi connectivity index (χ1n) is 12.4. The third kappa shape index (κ3) is 5.68. The molecule has 2 heterocycles. The average molecular weight is 535 g/mol. The summed E-state index contributed by atoms with van der Waals surface area (Å²) in [7, 11) is -3.79. The molecule has 11 heteroatoms. The molecule has 1 amide bonds. The monoisotopic (exact) mass is 534 g/mol. The molecule has 0 radical (unpaired) electrons. The highest BCUT2D eigenvalue weighted by molar-refractivity contribution is 7.89. The van der Waals surface area contributed by atoms with Crippen LogP contribution >= 0.6 is 0 Å². The summed E-state index contributed by atoms with van der Waals surface area (Å²) < 4.78 is 68.2. The molecule has 7 nitrogen and oxygen atoms in total. The van der Waals surface area contributed by atoms with E-state index in [1.165, 1.54) is 4.90 Å². The van der Waals surface area contributed by atoms with E-state index < -0.39 is 22.2 Å². The lowest BCUT2D eigenvalue weighted by Gasteiger charge is -2.38. The zero-order chi connectivity index (χ0) is 26.2. The average Bonchev–Trinajstić information content (AvgIpc) is 3.32. The molecule has 3 N–H and O–H groups in total. The highest BCUT2D eigenvalue weighted by atomic mass is 32.2.